The molecule has 0 spiro atoms. The van der Waals surface area contributed by atoms with Gasteiger partial charge in [0.2, 0.25) is 0 Å². The van der Waals surface area contributed by atoms with Crippen LogP contribution in [0.1, 0.15) is 42.9 Å². The zero-order valence-corrected chi connectivity index (χ0v) is 17.1. The molecule has 2 aliphatic rings. The fraction of sp³-hybridized carbons (Fsp3) is 0.400. The summed E-state index contributed by atoms with van der Waals surface area (Å²) < 4.78 is 6.62. The molecule has 162 valence electrons. The van der Waals surface area contributed by atoms with Gasteiger partial charge in [0.1, 0.15) is 11.4 Å². The number of carbonyl (C=O) groups excluding carboxylic acids is 4. The topological polar surface area (TPSA) is 140 Å². The molecule has 1 fully saturated rings. The summed E-state index contributed by atoms with van der Waals surface area (Å²) in [6, 6.07) is 3.62. The largest absolute Gasteiger partial charge is 0.452 e. The Hall–Kier alpha value is -3.76. The summed E-state index contributed by atoms with van der Waals surface area (Å²) in [5, 5.41) is 3.47. The lowest BCUT2D eigenvalue weighted by Crippen LogP contribution is -2.49. The van der Waals surface area contributed by atoms with Crippen LogP contribution in [0.4, 0.5) is 4.79 Å². The highest BCUT2D eigenvalue weighted by Gasteiger charge is 2.47. The molecule has 0 bridgehead atoms. The van der Waals surface area contributed by atoms with E-state index in [1.165, 1.54) is 18.2 Å². The highest BCUT2D eigenvalue weighted by molar-refractivity contribution is 6.07. The van der Waals surface area contributed by atoms with Gasteiger partial charge in [0.05, 0.1) is 16.5 Å². The second-order valence-corrected chi connectivity index (χ2v) is 7.69. The van der Waals surface area contributed by atoms with Crippen molar-refractivity contribution in [1.29, 1.82) is 0 Å². The van der Waals surface area contributed by atoms with E-state index >= 15 is 0 Å². The number of ether oxygens (including phenoxy) is 1. The lowest BCUT2D eigenvalue weighted by Gasteiger charge is -2.19. The Morgan fingerprint density at radius 3 is 2.77 bits per heavy atom. The molecule has 11 nitrogen and oxygen atoms in total. The molecule has 0 aliphatic carbocycles. The molecule has 1 unspecified atom stereocenters. The van der Waals surface area contributed by atoms with Crippen molar-refractivity contribution in [3.63, 3.8) is 0 Å². The molecular weight excluding hydrogens is 406 g/mol. The van der Waals surface area contributed by atoms with E-state index in [1.807, 2.05) is 0 Å². The fourth-order valence-corrected chi connectivity index (χ4v) is 3.61. The maximum atomic E-state index is 12.5. The smallest absolute Gasteiger partial charge is 0.344 e. The van der Waals surface area contributed by atoms with Crippen LogP contribution in [0.3, 0.4) is 0 Å². The zero-order valence-electron chi connectivity index (χ0n) is 17.1. The SMILES string of the molecule is CCC1(C)NC(=O)N(NC(=O)COC(=O)c2ccc3c(=O)n4c(nc3c2)CCC4)C1=O. The predicted octanol–water partition coefficient (Wildman–Crippen LogP) is 0.251. The Labute approximate surface area is 176 Å². The van der Waals surface area contributed by atoms with Crippen molar-refractivity contribution < 1.29 is 23.9 Å². The molecule has 1 aromatic heterocycles. The molecule has 2 N–H and O–H groups in total. The van der Waals surface area contributed by atoms with Gasteiger partial charge in [0, 0.05) is 13.0 Å². The van der Waals surface area contributed by atoms with Crippen molar-refractivity contribution in [2.24, 2.45) is 0 Å². The molecule has 1 atom stereocenters. The number of carbonyl (C=O) groups is 4. The van der Waals surface area contributed by atoms with Crippen LogP contribution in [-0.2, 0) is 27.3 Å². The van der Waals surface area contributed by atoms with Crippen LogP contribution in [0, 0.1) is 0 Å². The van der Waals surface area contributed by atoms with Gasteiger partial charge in [-0.1, -0.05) is 6.92 Å². The molecule has 1 aromatic carbocycles. The Morgan fingerprint density at radius 2 is 2.06 bits per heavy atom. The number of esters is 1. The van der Waals surface area contributed by atoms with Crippen molar-refractivity contribution in [1.82, 2.24) is 25.3 Å². The number of urea groups is 1. The van der Waals surface area contributed by atoms with Gasteiger partial charge in [-0.05, 0) is 38.0 Å². The van der Waals surface area contributed by atoms with E-state index in [9.17, 15) is 24.0 Å². The minimum atomic E-state index is -1.10. The molecule has 0 radical (unpaired) electrons. The van der Waals surface area contributed by atoms with Crippen molar-refractivity contribution in [2.45, 2.75) is 45.2 Å². The van der Waals surface area contributed by atoms with Crippen molar-refractivity contribution in [3.8, 4) is 0 Å². The number of imide groups is 1. The number of nitrogens with one attached hydrogen (secondary N) is 2. The van der Waals surface area contributed by atoms with Crippen LogP contribution in [0.5, 0.6) is 0 Å². The van der Waals surface area contributed by atoms with E-state index in [0.29, 0.717) is 41.1 Å². The lowest BCUT2D eigenvalue weighted by atomic mass is 10.00. The maximum Gasteiger partial charge on any atom is 0.344 e. The Kier molecular flexibility index (Phi) is 4.96. The van der Waals surface area contributed by atoms with E-state index < -0.39 is 36.0 Å². The monoisotopic (exact) mass is 427 g/mol. The molecule has 2 aromatic rings. The van der Waals surface area contributed by atoms with Crippen LogP contribution >= 0.6 is 0 Å². The van der Waals surface area contributed by atoms with E-state index in [-0.39, 0.29) is 11.1 Å². The van der Waals surface area contributed by atoms with Gasteiger partial charge in [-0.25, -0.2) is 14.6 Å². The number of amides is 4. The summed E-state index contributed by atoms with van der Waals surface area (Å²) in [7, 11) is 0. The normalized spacial score (nSPS) is 20.0. The van der Waals surface area contributed by atoms with Crippen LogP contribution in [0.25, 0.3) is 10.9 Å². The fourth-order valence-electron chi connectivity index (χ4n) is 3.61. The second kappa shape index (κ2) is 7.49. The number of hydrazine groups is 1. The second-order valence-electron chi connectivity index (χ2n) is 7.69. The molecule has 11 heteroatoms. The summed E-state index contributed by atoms with van der Waals surface area (Å²) >= 11 is 0. The Bertz CT molecular complexity index is 1190. The summed E-state index contributed by atoms with van der Waals surface area (Å²) in [5.41, 5.74) is 1.40. The molecular formula is C20H21N5O6. The number of hydrogen-bond donors (Lipinski definition) is 2. The summed E-state index contributed by atoms with van der Waals surface area (Å²) in [4.78, 5) is 65.6. The Morgan fingerprint density at radius 1 is 1.29 bits per heavy atom. The number of hydrogen-bond acceptors (Lipinski definition) is 7. The predicted molar refractivity (Wildman–Crippen MR) is 107 cm³/mol. The average Bonchev–Trinajstić information content (AvgIpc) is 3.30. The van der Waals surface area contributed by atoms with Gasteiger partial charge in [0.15, 0.2) is 6.61 Å². The first-order chi connectivity index (χ1) is 14.7. The first-order valence-electron chi connectivity index (χ1n) is 9.90. The molecule has 31 heavy (non-hydrogen) atoms. The number of benzene rings is 1. The minimum absolute atomic E-state index is 0.128. The van der Waals surface area contributed by atoms with Crippen LogP contribution in [0.15, 0.2) is 23.0 Å². The van der Waals surface area contributed by atoms with Crippen molar-refractivity contribution in [2.75, 3.05) is 6.61 Å². The average molecular weight is 427 g/mol. The number of rotatable bonds is 5. The minimum Gasteiger partial charge on any atom is -0.452 e. The van der Waals surface area contributed by atoms with Crippen molar-refractivity contribution >= 4 is 34.7 Å². The highest BCUT2D eigenvalue weighted by Crippen LogP contribution is 2.19. The summed E-state index contributed by atoms with van der Waals surface area (Å²) in [5.74, 6) is -1.56. The van der Waals surface area contributed by atoms with Gasteiger partial charge in [-0.2, -0.15) is 5.01 Å². The first-order valence-corrected chi connectivity index (χ1v) is 9.90. The van der Waals surface area contributed by atoms with Crippen LogP contribution < -0.4 is 16.3 Å². The van der Waals surface area contributed by atoms with E-state index in [0.717, 1.165) is 6.42 Å². The number of fused-ring (bicyclic) bond motifs is 2. The molecule has 4 rings (SSSR count). The van der Waals surface area contributed by atoms with Gasteiger partial charge in [0.25, 0.3) is 17.4 Å². The third-order valence-corrected chi connectivity index (χ3v) is 5.59. The molecule has 1 saturated heterocycles. The molecule has 3 heterocycles. The quantitative estimate of drug-likeness (QED) is 0.515. The molecule has 4 amide bonds. The third kappa shape index (κ3) is 3.51. The molecule has 2 aliphatic heterocycles. The van der Waals surface area contributed by atoms with Crippen LogP contribution in [-0.4, -0.2) is 50.5 Å². The lowest BCUT2D eigenvalue weighted by molar-refractivity contribution is -0.139. The zero-order chi connectivity index (χ0) is 22.3. The number of aryl methyl sites for hydroxylation is 1. The number of nitrogens with zero attached hydrogens (tertiary/aromatic N) is 3. The molecule has 0 saturated carbocycles. The standard InChI is InChI=1S/C20H21N5O6/c1-3-20(2)18(29)25(19(30)22-20)23-15(26)10-31-17(28)11-6-7-12-13(9-11)21-14-5-4-8-24(14)16(12)27/h6-7,9H,3-5,8,10H2,1-2H3,(H,22,30)(H,23,26). The number of aromatic nitrogens is 2. The van der Waals surface area contributed by atoms with Gasteiger partial charge in [-0.3, -0.25) is 24.4 Å². The first kappa shape index (κ1) is 20.5. The summed E-state index contributed by atoms with van der Waals surface area (Å²) in [6.45, 7) is 3.21. The van der Waals surface area contributed by atoms with Crippen molar-refractivity contribution in [3.05, 3.63) is 39.9 Å². The van der Waals surface area contributed by atoms with E-state index in [1.54, 1.807) is 18.4 Å². The van der Waals surface area contributed by atoms with E-state index in [4.69, 9.17) is 4.74 Å². The van der Waals surface area contributed by atoms with Gasteiger partial charge < -0.3 is 10.1 Å². The van der Waals surface area contributed by atoms with Gasteiger partial charge in [-0.15, -0.1) is 0 Å². The summed E-state index contributed by atoms with van der Waals surface area (Å²) in [6.07, 6.45) is 1.89. The van der Waals surface area contributed by atoms with Crippen LogP contribution in [0.2, 0.25) is 0 Å². The van der Waals surface area contributed by atoms with E-state index in [2.05, 4.69) is 15.7 Å². The van der Waals surface area contributed by atoms with Gasteiger partial charge >= 0.3 is 12.0 Å². The highest BCUT2D eigenvalue weighted by atomic mass is 16.5. The third-order valence-electron chi connectivity index (χ3n) is 5.59. The Balaban J connectivity index is 1.42. The maximum absolute atomic E-state index is 12.5.